The molecule has 102 valence electrons. The summed E-state index contributed by atoms with van der Waals surface area (Å²) in [5.41, 5.74) is 0.624. The summed E-state index contributed by atoms with van der Waals surface area (Å²) < 4.78 is 31.9. The summed E-state index contributed by atoms with van der Waals surface area (Å²) in [6, 6.07) is 3.92. The van der Waals surface area contributed by atoms with Gasteiger partial charge in [-0.1, -0.05) is 6.07 Å². The maximum Gasteiger partial charge on any atom is 0.229 e. The molecule has 0 unspecified atom stereocenters. The largest absolute Gasteiger partial charge is 0.444 e. The van der Waals surface area contributed by atoms with Crippen LogP contribution in [0.25, 0.3) is 11.5 Å². The highest BCUT2D eigenvalue weighted by atomic mass is 19.2. The van der Waals surface area contributed by atoms with Gasteiger partial charge in [0.05, 0.1) is 11.3 Å². The van der Waals surface area contributed by atoms with Crippen LogP contribution in [0, 0.1) is 11.6 Å². The van der Waals surface area contributed by atoms with E-state index in [1.54, 1.807) is 0 Å². The van der Waals surface area contributed by atoms with Crippen LogP contribution in [0.1, 0.15) is 26.5 Å². The quantitative estimate of drug-likeness (QED) is 0.923. The van der Waals surface area contributed by atoms with Crippen molar-refractivity contribution >= 4 is 0 Å². The molecule has 0 fully saturated rings. The van der Waals surface area contributed by atoms with Gasteiger partial charge < -0.3 is 9.73 Å². The molecule has 0 aliphatic heterocycles. The summed E-state index contributed by atoms with van der Waals surface area (Å²) in [6.07, 6.45) is 1.44. The summed E-state index contributed by atoms with van der Waals surface area (Å²) in [4.78, 5) is 4.15. The van der Waals surface area contributed by atoms with Gasteiger partial charge in [0.2, 0.25) is 5.89 Å². The number of aromatic nitrogens is 1. The highest BCUT2D eigenvalue weighted by molar-refractivity contribution is 5.54. The third kappa shape index (κ3) is 3.38. The van der Waals surface area contributed by atoms with E-state index in [1.165, 1.54) is 18.4 Å². The second kappa shape index (κ2) is 5.09. The normalized spacial score (nSPS) is 11.8. The van der Waals surface area contributed by atoms with E-state index in [2.05, 4.69) is 10.3 Å². The molecule has 2 rings (SSSR count). The maximum atomic E-state index is 13.6. The highest BCUT2D eigenvalue weighted by Gasteiger charge is 2.15. The second-order valence-corrected chi connectivity index (χ2v) is 5.35. The predicted octanol–water partition coefficient (Wildman–Crippen LogP) is 3.51. The average Bonchev–Trinajstić information content (AvgIpc) is 2.78. The van der Waals surface area contributed by atoms with E-state index in [4.69, 9.17) is 4.42 Å². The highest BCUT2D eigenvalue weighted by Crippen LogP contribution is 2.23. The molecule has 0 aliphatic carbocycles. The Kier molecular flexibility index (Phi) is 3.66. The Morgan fingerprint density at radius 1 is 1.26 bits per heavy atom. The van der Waals surface area contributed by atoms with E-state index in [0.717, 1.165) is 6.07 Å². The minimum atomic E-state index is -0.945. The first-order chi connectivity index (χ1) is 8.87. The third-order valence-corrected chi connectivity index (χ3v) is 2.53. The summed E-state index contributed by atoms with van der Waals surface area (Å²) in [5.74, 6) is -1.77. The topological polar surface area (TPSA) is 38.1 Å². The Hall–Kier alpha value is -1.75. The fraction of sp³-hybridized carbons (Fsp3) is 0.357. The van der Waals surface area contributed by atoms with Crippen LogP contribution in [0.3, 0.4) is 0 Å². The molecule has 0 amide bonds. The second-order valence-electron chi connectivity index (χ2n) is 5.35. The van der Waals surface area contributed by atoms with E-state index < -0.39 is 11.6 Å². The van der Waals surface area contributed by atoms with Gasteiger partial charge in [-0.15, -0.1) is 0 Å². The van der Waals surface area contributed by atoms with E-state index in [9.17, 15) is 8.78 Å². The van der Waals surface area contributed by atoms with Gasteiger partial charge in [0.25, 0.3) is 0 Å². The summed E-state index contributed by atoms with van der Waals surface area (Å²) in [7, 11) is 0. The standard InChI is InChI=1S/C14H16F2N2O/c1-14(2,3)17-7-9-8-19-13(18-9)10-5-4-6-11(15)12(10)16/h4-6,8,17H,7H2,1-3H3. The smallest absolute Gasteiger partial charge is 0.229 e. The minimum absolute atomic E-state index is 0.0296. The third-order valence-electron chi connectivity index (χ3n) is 2.53. The molecule has 19 heavy (non-hydrogen) atoms. The van der Waals surface area contributed by atoms with Crippen LogP contribution in [0.15, 0.2) is 28.9 Å². The van der Waals surface area contributed by atoms with E-state index in [-0.39, 0.29) is 17.0 Å². The zero-order valence-corrected chi connectivity index (χ0v) is 11.1. The molecule has 1 heterocycles. The first kappa shape index (κ1) is 13.7. The lowest BCUT2D eigenvalue weighted by molar-refractivity contribution is 0.421. The monoisotopic (exact) mass is 266 g/mol. The van der Waals surface area contributed by atoms with Crippen LogP contribution in [0.5, 0.6) is 0 Å². The number of nitrogens with zero attached hydrogens (tertiary/aromatic N) is 1. The molecular formula is C14H16F2N2O. The first-order valence-electron chi connectivity index (χ1n) is 6.00. The van der Waals surface area contributed by atoms with Crippen LogP contribution in [0.4, 0.5) is 8.78 Å². The average molecular weight is 266 g/mol. The van der Waals surface area contributed by atoms with Crippen molar-refractivity contribution in [1.29, 1.82) is 0 Å². The number of halogens is 2. The van der Waals surface area contributed by atoms with Crippen LogP contribution in [0.2, 0.25) is 0 Å². The van der Waals surface area contributed by atoms with Crippen molar-refractivity contribution in [3.63, 3.8) is 0 Å². The van der Waals surface area contributed by atoms with Gasteiger partial charge in [0.1, 0.15) is 6.26 Å². The molecular weight excluding hydrogens is 250 g/mol. The van der Waals surface area contributed by atoms with Crippen molar-refractivity contribution in [3.8, 4) is 11.5 Å². The van der Waals surface area contributed by atoms with E-state index >= 15 is 0 Å². The van der Waals surface area contributed by atoms with Gasteiger partial charge in [0.15, 0.2) is 11.6 Å². The van der Waals surface area contributed by atoms with E-state index in [1.807, 2.05) is 20.8 Å². The lowest BCUT2D eigenvalue weighted by atomic mass is 10.1. The maximum absolute atomic E-state index is 13.6. The molecule has 0 saturated carbocycles. The van der Waals surface area contributed by atoms with Gasteiger partial charge in [-0.25, -0.2) is 13.8 Å². The molecule has 0 aliphatic rings. The number of nitrogens with one attached hydrogen (secondary N) is 1. The first-order valence-corrected chi connectivity index (χ1v) is 6.00. The van der Waals surface area contributed by atoms with Crippen molar-refractivity contribution < 1.29 is 13.2 Å². The summed E-state index contributed by atoms with van der Waals surface area (Å²) in [5, 5.41) is 3.24. The Labute approximate surface area is 110 Å². The van der Waals surface area contributed by atoms with Crippen molar-refractivity contribution in [2.45, 2.75) is 32.9 Å². The molecule has 0 spiro atoms. The van der Waals surface area contributed by atoms with Crippen LogP contribution in [-0.2, 0) is 6.54 Å². The number of rotatable bonds is 3. The molecule has 0 atom stereocenters. The van der Waals surface area contributed by atoms with Crippen LogP contribution >= 0.6 is 0 Å². The van der Waals surface area contributed by atoms with Crippen molar-refractivity contribution in [2.75, 3.05) is 0 Å². The predicted molar refractivity (Wildman–Crippen MR) is 68.4 cm³/mol. The van der Waals surface area contributed by atoms with Gasteiger partial charge in [-0.2, -0.15) is 0 Å². The lowest BCUT2D eigenvalue weighted by Crippen LogP contribution is -2.35. The molecule has 1 aromatic carbocycles. The SMILES string of the molecule is CC(C)(C)NCc1coc(-c2cccc(F)c2F)n1. The zero-order chi connectivity index (χ0) is 14.0. The van der Waals surface area contributed by atoms with Crippen LogP contribution < -0.4 is 5.32 Å². The van der Waals surface area contributed by atoms with Gasteiger partial charge in [-0.05, 0) is 32.9 Å². The van der Waals surface area contributed by atoms with Gasteiger partial charge in [0, 0.05) is 12.1 Å². The van der Waals surface area contributed by atoms with E-state index in [0.29, 0.717) is 12.2 Å². The molecule has 1 N–H and O–H groups in total. The Bertz CT molecular complexity index is 573. The van der Waals surface area contributed by atoms with Crippen LogP contribution in [-0.4, -0.2) is 10.5 Å². The fourth-order valence-electron chi connectivity index (χ4n) is 1.54. The van der Waals surface area contributed by atoms with Gasteiger partial charge >= 0.3 is 0 Å². The zero-order valence-electron chi connectivity index (χ0n) is 11.1. The van der Waals surface area contributed by atoms with Gasteiger partial charge in [-0.3, -0.25) is 0 Å². The number of hydrogen-bond donors (Lipinski definition) is 1. The lowest BCUT2D eigenvalue weighted by Gasteiger charge is -2.19. The molecule has 5 heteroatoms. The molecule has 1 aromatic heterocycles. The summed E-state index contributed by atoms with van der Waals surface area (Å²) >= 11 is 0. The number of oxazole rings is 1. The molecule has 2 aromatic rings. The Balaban J connectivity index is 2.19. The van der Waals surface area contributed by atoms with Crippen molar-refractivity contribution in [1.82, 2.24) is 10.3 Å². The number of benzene rings is 1. The molecule has 0 saturated heterocycles. The molecule has 3 nitrogen and oxygen atoms in total. The Morgan fingerprint density at radius 2 is 2.00 bits per heavy atom. The van der Waals surface area contributed by atoms with Crippen molar-refractivity contribution in [3.05, 3.63) is 41.8 Å². The van der Waals surface area contributed by atoms with Crippen molar-refractivity contribution in [2.24, 2.45) is 0 Å². The summed E-state index contributed by atoms with van der Waals surface area (Å²) in [6.45, 7) is 6.59. The molecule has 0 radical (unpaired) electrons. The molecule has 0 bridgehead atoms. The minimum Gasteiger partial charge on any atom is -0.444 e. The Morgan fingerprint density at radius 3 is 2.68 bits per heavy atom. The fourth-order valence-corrected chi connectivity index (χ4v) is 1.54. The number of hydrogen-bond acceptors (Lipinski definition) is 3.